The van der Waals surface area contributed by atoms with E-state index < -0.39 is 6.10 Å². The maximum Gasteiger partial charge on any atom is 0.306 e. The topological polar surface area (TPSA) is 78.9 Å². The summed E-state index contributed by atoms with van der Waals surface area (Å²) in [6.07, 6.45) is 69.1. The van der Waals surface area contributed by atoms with Gasteiger partial charge in [0.25, 0.3) is 0 Å². The number of unbranched alkanes of at least 4 members (excludes halogenated alkanes) is 15. The second-order valence-electron chi connectivity index (χ2n) is 16.0. The van der Waals surface area contributed by atoms with Crippen molar-refractivity contribution < 1.29 is 28.6 Å². The molecule has 6 heteroatoms. The molecule has 0 rings (SSSR count). The smallest absolute Gasteiger partial charge is 0.306 e. The van der Waals surface area contributed by atoms with Crippen molar-refractivity contribution in [2.75, 3.05) is 13.2 Å². The average Bonchev–Trinajstić information content (AvgIpc) is 3.28. The molecular formula is C57H90O6. The van der Waals surface area contributed by atoms with Gasteiger partial charge in [-0.2, -0.15) is 0 Å². The van der Waals surface area contributed by atoms with Crippen molar-refractivity contribution in [3.05, 3.63) is 122 Å². The fraction of sp³-hybridized carbons (Fsp3) is 0.596. The molecule has 0 aromatic rings. The largest absolute Gasteiger partial charge is 0.462 e. The Morgan fingerprint density at radius 3 is 1.24 bits per heavy atom. The van der Waals surface area contributed by atoms with Crippen LogP contribution in [0.5, 0.6) is 0 Å². The van der Waals surface area contributed by atoms with Crippen LogP contribution in [0.2, 0.25) is 0 Å². The third kappa shape index (κ3) is 48.7. The molecule has 0 aromatic carbocycles. The maximum absolute atomic E-state index is 12.8. The predicted molar refractivity (Wildman–Crippen MR) is 269 cm³/mol. The van der Waals surface area contributed by atoms with Crippen LogP contribution in [0.15, 0.2) is 122 Å². The highest BCUT2D eigenvalue weighted by molar-refractivity contribution is 5.71. The lowest BCUT2D eigenvalue weighted by Crippen LogP contribution is -2.30. The molecule has 63 heavy (non-hydrogen) atoms. The fourth-order valence-electron chi connectivity index (χ4n) is 6.30. The molecule has 1 atom stereocenters. The fourth-order valence-corrected chi connectivity index (χ4v) is 6.30. The minimum Gasteiger partial charge on any atom is -0.462 e. The molecule has 0 radical (unpaired) electrons. The Morgan fingerprint density at radius 1 is 0.349 bits per heavy atom. The van der Waals surface area contributed by atoms with Crippen molar-refractivity contribution in [3.8, 4) is 0 Å². The SMILES string of the molecule is CC/C=C/C=C/C=C/CCCCCCCC(=O)OCC(COC(=O)CC/C=C/C/C=C/C/C=C/C/C=C/C/C=C/CC)OC(=O)CCCCC/C=C/C=C/CCCCCCCCC. The minimum atomic E-state index is -0.833. The molecule has 0 saturated heterocycles. The number of carbonyl (C=O) groups excluding carboxylic acids is 3. The highest BCUT2D eigenvalue weighted by Crippen LogP contribution is 2.12. The van der Waals surface area contributed by atoms with Crippen LogP contribution >= 0.6 is 0 Å². The van der Waals surface area contributed by atoms with Crippen molar-refractivity contribution in [1.29, 1.82) is 0 Å². The molecule has 1 unspecified atom stereocenters. The van der Waals surface area contributed by atoms with Crippen molar-refractivity contribution in [3.63, 3.8) is 0 Å². The highest BCUT2D eigenvalue weighted by atomic mass is 16.6. The minimum absolute atomic E-state index is 0.126. The van der Waals surface area contributed by atoms with Gasteiger partial charge >= 0.3 is 17.9 Å². The van der Waals surface area contributed by atoms with Gasteiger partial charge in [-0.15, -0.1) is 0 Å². The Morgan fingerprint density at radius 2 is 0.730 bits per heavy atom. The third-order valence-electron chi connectivity index (χ3n) is 10.0. The average molecular weight is 871 g/mol. The summed E-state index contributed by atoms with van der Waals surface area (Å²) >= 11 is 0. The Bertz CT molecular complexity index is 1370. The van der Waals surface area contributed by atoms with Crippen LogP contribution < -0.4 is 0 Å². The summed E-state index contributed by atoms with van der Waals surface area (Å²) in [5.41, 5.74) is 0. The molecule has 0 aliphatic heterocycles. The van der Waals surface area contributed by atoms with E-state index in [1.165, 1.54) is 44.9 Å². The molecular weight excluding hydrogens is 781 g/mol. The number of ether oxygens (including phenoxy) is 3. The summed E-state index contributed by atoms with van der Waals surface area (Å²) < 4.78 is 16.7. The Balaban J connectivity index is 4.59. The van der Waals surface area contributed by atoms with Crippen LogP contribution in [0.3, 0.4) is 0 Å². The van der Waals surface area contributed by atoms with Gasteiger partial charge in [0.1, 0.15) is 13.2 Å². The van der Waals surface area contributed by atoms with Crippen LogP contribution in [-0.2, 0) is 28.6 Å². The number of carbonyl (C=O) groups is 3. The zero-order valence-electron chi connectivity index (χ0n) is 40.3. The van der Waals surface area contributed by atoms with Crippen LogP contribution in [0.1, 0.15) is 201 Å². The highest BCUT2D eigenvalue weighted by Gasteiger charge is 2.19. The number of rotatable bonds is 43. The standard InChI is InChI=1S/C57H90O6/c1-4-7-10-13-16-19-22-25-27-29-32-35-38-41-44-47-50-56(59)62-53-54(52-61-55(58)49-46-43-40-37-34-31-24-21-18-15-12-9-6-3)63-57(60)51-48-45-42-39-36-33-30-28-26-23-20-17-14-11-8-5-2/h7,9-10,12,15-16,18-19,21,24-25,27-28,30,32-33,35-36,41,44,54H,4-6,8,11,13-14,17,20,22-23,26,29,31,34,37-40,42-43,45-53H2,1-3H3/b10-7+,12-9+,18-15+,19-16+,24-21+,27-25+,30-28+,35-32+,36-33+,44-41+. The first-order valence-corrected chi connectivity index (χ1v) is 25.1. The zero-order chi connectivity index (χ0) is 45.8. The molecule has 0 aliphatic rings. The van der Waals surface area contributed by atoms with E-state index in [2.05, 4.69) is 124 Å². The molecule has 6 nitrogen and oxygen atoms in total. The molecule has 0 bridgehead atoms. The van der Waals surface area contributed by atoms with Gasteiger partial charge in [-0.1, -0.05) is 206 Å². The van der Waals surface area contributed by atoms with E-state index in [0.29, 0.717) is 19.3 Å². The van der Waals surface area contributed by atoms with E-state index in [1.54, 1.807) is 0 Å². The first-order chi connectivity index (χ1) is 31.0. The van der Waals surface area contributed by atoms with E-state index in [9.17, 15) is 14.4 Å². The van der Waals surface area contributed by atoms with E-state index >= 15 is 0 Å². The third-order valence-corrected chi connectivity index (χ3v) is 10.0. The summed E-state index contributed by atoms with van der Waals surface area (Å²) in [7, 11) is 0. The van der Waals surface area contributed by atoms with Crippen LogP contribution in [-0.4, -0.2) is 37.2 Å². The molecule has 0 aromatic heterocycles. The van der Waals surface area contributed by atoms with E-state index in [0.717, 1.165) is 103 Å². The zero-order valence-corrected chi connectivity index (χ0v) is 40.3. The van der Waals surface area contributed by atoms with Crippen molar-refractivity contribution in [2.45, 2.75) is 207 Å². The molecule has 0 spiro atoms. The normalized spacial score (nSPS) is 13.1. The quantitative estimate of drug-likeness (QED) is 0.0200. The number of hydrogen-bond donors (Lipinski definition) is 0. The summed E-state index contributed by atoms with van der Waals surface area (Å²) in [6, 6.07) is 0. The van der Waals surface area contributed by atoms with Crippen molar-refractivity contribution >= 4 is 17.9 Å². The Hall–Kier alpha value is -4.19. The molecule has 0 aliphatic carbocycles. The Kier molecular flexibility index (Phi) is 47.1. The van der Waals surface area contributed by atoms with Crippen LogP contribution in [0.25, 0.3) is 0 Å². The lowest BCUT2D eigenvalue weighted by Gasteiger charge is -2.18. The van der Waals surface area contributed by atoms with Crippen molar-refractivity contribution in [1.82, 2.24) is 0 Å². The van der Waals surface area contributed by atoms with E-state index in [-0.39, 0.29) is 44.0 Å². The second kappa shape index (κ2) is 50.5. The molecule has 0 saturated carbocycles. The van der Waals surface area contributed by atoms with Crippen molar-refractivity contribution in [2.24, 2.45) is 0 Å². The summed E-state index contributed by atoms with van der Waals surface area (Å²) in [4.78, 5) is 37.9. The molecule has 0 fully saturated rings. The number of allylic oxidation sites excluding steroid dienone is 20. The van der Waals surface area contributed by atoms with Crippen LogP contribution in [0.4, 0.5) is 0 Å². The van der Waals surface area contributed by atoms with Gasteiger partial charge in [0.2, 0.25) is 0 Å². The van der Waals surface area contributed by atoms with Gasteiger partial charge in [0.05, 0.1) is 0 Å². The van der Waals surface area contributed by atoms with Gasteiger partial charge in [0, 0.05) is 19.3 Å². The molecule has 0 N–H and O–H groups in total. The van der Waals surface area contributed by atoms with Gasteiger partial charge in [0.15, 0.2) is 6.10 Å². The Labute approximate surface area is 386 Å². The van der Waals surface area contributed by atoms with Gasteiger partial charge in [-0.3, -0.25) is 14.4 Å². The first kappa shape index (κ1) is 58.8. The number of hydrogen-bond acceptors (Lipinski definition) is 6. The van der Waals surface area contributed by atoms with Gasteiger partial charge in [-0.05, 0) is 96.3 Å². The van der Waals surface area contributed by atoms with E-state index in [1.807, 2.05) is 18.2 Å². The van der Waals surface area contributed by atoms with Crippen LogP contribution in [0, 0.1) is 0 Å². The first-order valence-electron chi connectivity index (χ1n) is 25.1. The molecule has 354 valence electrons. The van der Waals surface area contributed by atoms with Gasteiger partial charge < -0.3 is 14.2 Å². The lowest BCUT2D eigenvalue weighted by molar-refractivity contribution is -0.166. The summed E-state index contributed by atoms with van der Waals surface area (Å²) in [5, 5.41) is 0. The number of esters is 3. The molecule has 0 amide bonds. The van der Waals surface area contributed by atoms with Gasteiger partial charge in [-0.25, -0.2) is 0 Å². The summed E-state index contributed by atoms with van der Waals surface area (Å²) in [5.74, 6) is -1.07. The van der Waals surface area contributed by atoms with E-state index in [4.69, 9.17) is 14.2 Å². The lowest BCUT2D eigenvalue weighted by atomic mass is 10.1. The maximum atomic E-state index is 12.8. The molecule has 0 heterocycles. The monoisotopic (exact) mass is 871 g/mol. The second-order valence-corrected chi connectivity index (χ2v) is 16.0. The predicted octanol–water partition coefficient (Wildman–Crippen LogP) is 16.5. The summed E-state index contributed by atoms with van der Waals surface area (Å²) in [6.45, 7) is 6.26.